The fraction of sp³-hybridized carbons (Fsp3) is 0.607. The van der Waals surface area contributed by atoms with Crippen LogP contribution in [-0.2, 0) is 16.6 Å². The quantitative estimate of drug-likeness (QED) is 0.427. The van der Waals surface area contributed by atoms with Crippen LogP contribution in [0.15, 0.2) is 24.3 Å². The number of aromatic nitrogens is 4. The zero-order valence-corrected chi connectivity index (χ0v) is 22.1. The standard InChI is InChI=1S/C28H38ClN5O/c1-28(2,3)25-24(29)27-30-26(32-34(27)31-25)20-12-10-11-19(17-20)18-23(35)33(21-13-6-4-7-14-21)22-15-8-5-9-16-22/h10-12,17,21-22,31H,4-9,13-16,18H2,1-3H3. The van der Waals surface area contributed by atoms with Gasteiger partial charge in [0.1, 0.15) is 5.02 Å². The van der Waals surface area contributed by atoms with Gasteiger partial charge in [-0.2, -0.15) is 4.63 Å². The molecule has 0 unspecified atom stereocenters. The van der Waals surface area contributed by atoms with Gasteiger partial charge in [-0.3, -0.25) is 9.89 Å². The highest BCUT2D eigenvalue weighted by atomic mass is 35.5. The predicted octanol–water partition coefficient (Wildman–Crippen LogP) is 6.71. The van der Waals surface area contributed by atoms with Crippen molar-refractivity contribution in [2.75, 3.05) is 0 Å². The number of benzene rings is 1. The summed E-state index contributed by atoms with van der Waals surface area (Å²) in [5, 5.41) is 8.54. The Hall–Kier alpha value is -2.34. The van der Waals surface area contributed by atoms with Crippen LogP contribution in [0.2, 0.25) is 5.02 Å². The van der Waals surface area contributed by atoms with Gasteiger partial charge in [-0.1, -0.05) is 89.1 Å². The van der Waals surface area contributed by atoms with Crippen LogP contribution in [0.1, 0.15) is 96.2 Å². The highest BCUT2D eigenvalue weighted by Crippen LogP contribution is 2.33. The first-order valence-electron chi connectivity index (χ1n) is 13.4. The van der Waals surface area contributed by atoms with E-state index < -0.39 is 0 Å². The van der Waals surface area contributed by atoms with Crippen molar-refractivity contribution >= 4 is 23.2 Å². The molecule has 0 aliphatic heterocycles. The summed E-state index contributed by atoms with van der Waals surface area (Å²) in [5.74, 6) is 0.896. The monoisotopic (exact) mass is 495 g/mol. The second-order valence-electron chi connectivity index (χ2n) is 11.5. The van der Waals surface area contributed by atoms with Gasteiger partial charge in [0.15, 0.2) is 11.5 Å². The normalized spacial score (nSPS) is 18.3. The van der Waals surface area contributed by atoms with Gasteiger partial charge >= 0.3 is 0 Å². The molecule has 5 rings (SSSR count). The van der Waals surface area contributed by atoms with E-state index in [2.05, 4.69) is 41.9 Å². The molecule has 1 aromatic carbocycles. The van der Waals surface area contributed by atoms with E-state index in [4.69, 9.17) is 16.6 Å². The lowest BCUT2D eigenvalue weighted by Gasteiger charge is -2.42. The van der Waals surface area contributed by atoms with E-state index in [0.29, 0.717) is 35.0 Å². The first-order valence-corrected chi connectivity index (χ1v) is 13.7. The summed E-state index contributed by atoms with van der Waals surface area (Å²) in [6.07, 6.45) is 12.6. The van der Waals surface area contributed by atoms with Crippen molar-refractivity contribution in [2.24, 2.45) is 0 Å². The fourth-order valence-corrected chi connectivity index (χ4v) is 6.38. The van der Waals surface area contributed by atoms with Gasteiger partial charge in [0, 0.05) is 23.1 Å². The van der Waals surface area contributed by atoms with Gasteiger partial charge in [-0.25, -0.2) is 4.98 Å². The van der Waals surface area contributed by atoms with Crippen LogP contribution in [0.25, 0.3) is 17.0 Å². The maximum atomic E-state index is 13.7. The van der Waals surface area contributed by atoms with E-state index in [1.807, 2.05) is 18.2 Å². The number of fused-ring (bicyclic) bond motifs is 1. The Labute approximate surface area is 213 Å². The highest BCUT2D eigenvalue weighted by Gasteiger charge is 2.32. The average molecular weight is 496 g/mol. The molecule has 0 saturated heterocycles. The molecule has 7 heteroatoms. The van der Waals surface area contributed by atoms with E-state index in [9.17, 15) is 4.79 Å². The molecule has 3 aromatic rings. The zero-order valence-electron chi connectivity index (χ0n) is 21.3. The minimum atomic E-state index is -0.123. The van der Waals surface area contributed by atoms with Gasteiger partial charge in [-0.05, 0) is 37.3 Å². The molecule has 188 valence electrons. The minimum Gasteiger partial charge on any atom is -0.336 e. The van der Waals surface area contributed by atoms with Crippen molar-refractivity contribution in [2.45, 2.75) is 109 Å². The Morgan fingerprint density at radius 1 is 1.06 bits per heavy atom. The molecule has 1 N–H and O–H groups in total. The van der Waals surface area contributed by atoms with Gasteiger partial charge in [0.2, 0.25) is 5.91 Å². The molecule has 0 radical (unpaired) electrons. The summed E-state index contributed by atoms with van der Waals surface area (Å²) in [6, 6.07) is 8.94. The SMILES string of the molecule is CC(C)(C)c1[nH]n2nc(-c3cccc(CC(=O)N(C4CCCCC4)C4CCCCC4)c3)nc2c1Cl. The van der Waals surface area contributed by atoms with Crippen molar-refractivity contribution in [3.05, 3.63) is 40.5 Å². The highest BCUT2D eigenvalue weighted by molar-refractivity contribution is 6.34. The van der Waals surface area contributed by atoms with Gasteiger partial charge in [0.25, 0.3) is 0 Å². The fourth-order valence-electron chi connectivity index (χ4n) is 5.93. The third-order valence-electron chi connectivity index (χ3n) is 7.76. The topological polar surface area (TPSA) is 66.3 Å². The van der Waals surface area contributed by atoms with Crippen molar-refractivity contribution in [3.8, 4) is 11.4 Å². The Kier molecular flexibility index (Phi) is 6.93. The third-order valence-corrected chi connectivity index (χ3v) is 8.11. The lowest BCUT2D eigenvalue weighted by molar-refractivity contribution is -0.137. The number of nitrogens with zero attached hydrogens (tertiary/aromatic N) is 4. The maximum absolute atomic E-state index is 13.7. The van der Waals surface area contributed by atoms with Crippen molar-refractivity contribution in [3.63, 3.8) is 0 Å². The number of H-pyrrole nitrogens is 1. The average Bonchev–Trinajstić information content (AvgIpc) is 3.40. The van der Waals surface area contributed by atoms with Gasteiger partial charge < -0.3 is 4.90 Å². The Morgan fingerprint density at radius 3 is 2.26 bits per heavy atom. The number of rotatable bonds is 5. The molecule has 0 atom stereocenters. The van der Waals surface area contributed by atoms with Crippen LogP contribution in [-0.4, -0.2) is 42.7 Å². The van der Waals surface area contributed by atoms with Crippen molar-refractivity contribution in [1.82, 2.24) is 24.7 Å². The number of halogens is 1. The summed E-state index contributed by atoms with van der Waals surface area (Å²) in [5.41, 5.74) is 3.36. The third kappa shape index (κ3) is 5.13. The van der Waals surface area contributed by atoms with Crippen LogP contribution in [0.4, 0.5) is 0 Å². The second kappa shape index (κ2) is 9.96. The van der Waals surface area contributed by atoms with Crippen molar-refractivity contribution in [1.29, 1.82) is 0 Å². The first kappa shape index (κ1) is 24.4. The summed E-state index contributed by atoms with van der Waals surface area (Å²) < 4.78 is 1.66. The molecule has 2 fully saturated rings. The molecule has 0 spiro atoms. The Balaban J connectivity index is 1.37. The number of amides is 1. The van der Waals surface area contributed by atoms with Crippen molar-refractivity contribution < 1.29 is 4.79 Å². The summed E-state index contributed by atoms with van der Waals surface area (Å²) in [4.78, 5) is 20.7. The second-order valence-corrected chi connectivity index (χ2v) is 11.9. The van der Waals surface area contributed by atoms with E-state index in [-0.39, 0.29) is 11.3 Å². The lowest BCUT2D eigenvalue weighted by Crippen LogP contribution is -2.49. The molecule has 2 heterocycles. The number of hydrogen-bond acceptors (Lipinski definition) is 3. The summed E-state index contributed by atoms with van der Waals surface area (Å²) >= 11 is 6.62. The molecule has 0 bridgehead atoms. The summed E-state index contributed by atoms with van der Waals surface area (Å²) in [6.45, 7) is 6.32. The summed E-state index contributed by atoms with van der Waals surface area (Å²) in [7, 11) is 0. The smallest absolute Gasteiger partial charge is 0.227 e. The maximum Gasteiger partial charge on any atom is 0.227 e. The van der Waals surface area contributed by atoms with Crippen LogP contribution in [0.5, 0.6) is 0 Å². The van der Waals surface area contributed by atoms with E-state index >= 15 is 0 Å². The number of carbonyl (C=O) groups excluding carboxylic acids is 1. The molecule has 2 aromatic heterocycles. The van der Waals surface area contributed by atoms with Crippen LogP contribution in [0.3, 0.4) is 0 Å². The number of hydrogen-bond donors (Lipinski definition) is 1. The van der Waals surface area contributed by atoms with Crippen LogP contribution >= 0.6 is 11.6 Å². The molecule has 1 amide bonds. The Morgan fingerprint density at radius 2 is 1.69 bits per heavy atom. The van der Waals surface area contributed by atoms with Crippen LogP contribution < -0.4 is 0 Å². The molecule has 35 heavy (non-hydrogen) atoms. The molecular weight excluding hydrogens is 458 g/mol. The van der Waals surface area contributed by atoms with E-state index in [1.165, 1.54) is 38.5 Å². The molecule has 2 aliphatic carbocycles. The zero-order chi connectivity index (χ0) is 24.6. The molecule has 6 nitrogen and oxygen atoms in total. The molecule has 2 aliphatic rings. The first-order chi connectivity index (χ1) is 16.8. The Bertz CT molecular complexity index is 1160. The number of aromatic amines is 1. The van der Waals surface area contributed by atoms with Gasteiger partial charge in [0.05, 0.1) is 12.1 Å². The van der Waals surface area contributed by atoms with E-state index in [0.717, 1.165) is 42.5 Å². The molecular formula is C28H38ClN5O. The number of nitrogens with one attached hydrogen (secondary N) is 1. The predicted molar refractivity (Wildman–Crippen MR) is 141 cm³/mol. The number of carbonyl (C=O) groups is 1. The largest absolute Gasteiger partial charge is 0.336 e. The lowest BCUT2D eigenvalue weighted by atomic mass is 9.88. The van der Waals surface area contributed by atoms with Crippen LogP contribution in [0, 0.1) is 0 Å². The van der Waals surface area contributed by atoms with Gasteiger partial charge in [-0.15, -0.1) is 5.10 Å². The minimum absolute atomic E-state index is 0.123. The van der Waals surface area contributed by atoms with E-state index in [1.54, 1.807) is 4.63 Å². The molecule has 2 saturated carbocycles.